The van der Waals surface area contributed by atoms with Gasteiger partial charge in [0.1, 0.15) is 0 Å². The van der Waals surface area contributed by atoms with Crippen LogP contribution >= 0.6 is 0 Å². The third kappa shape index (κ3) is 4.02. The molecule has 1 aromatic carbocycles. The molecule has 5 heteroatoms. The number of nitrogens with one attached hydrogen (secondary N) is 1. The third-order valence-electron chi connectivity index (χ3n) is 6.27. The Kier molecular flexibility index (Phi) is 5.83. The van der Waals surface area contributed by atoms with Crippen molar-refractivity contribution in [2.75, 3.05) is 33.2 Å². The summed E-state index contributed by atoms with van der Waals surface area (Å²) in [5, 5.41) is 13.0. The summed E-state index contributed by atoms with van der Waals surface area (Å²) in [6.45, 7) is 5.61. The zero-order valence-corrected chi connectivity index (χ0v) is 15.9. The van der Waals surface area contributed by atoms with Crippen LogP contribution in [0.15, 0.2) is 30.3 Å². The maximum atomic E-state index is 12.7. The highest BCUT2D eigenvalue weighted by molar-refractivity contribution is 5.74. The third-order valence-corrected chi connectivity index (χ3v) is 6.27. The van der Waals surface area contributed by atoms with Crippen LogP contribution in [0, 0.1) is 17.2 Å². The van der Waals surface area contributed by atoms with Crippen LogP contribution in [0.3, 0.4) is 0 Å². The molecule has 0 radical (unpaired) electrons. The Labute approximate surface area is 157 Å². The number of carbonyl (C=O) groups excluding carboxylic acids is 1. The van der Waals surface area contributed by atoms with Crippen molar-refractivity contribution in [2.45, 2.75) is 44.1 Å². The number of hydrogen-bond acceptors (Lipinski definition) is 3. The molecule has 3 rings (SSSR count). The number of piperidine rings is 2. The molecule has 0 spiro atoms. The molecule has 140 valence electrons. The Hall–Kier alpha value is -2.06. The number of amides is 2. The first-order valence-corrected chi connectivity index (χ1v) is 9.75. The van der Waals surface area contributed by atoms with Crippen molar-refractivity contribution in [3.8, 4) is 6.07 Å². The maximum absolute atomic E-state index is 12.7. The Bertz CT molecular complexity index is 638. The summed E-state index contributed by atoms with van der Waals surface area (Å²) >= 11 is 0. The zero-order chi connectivity index (χ0) is 18.6. The molecular formula is C21H30N4O. The summed E-state index contributed by atoms with van der Waals surface area (Å²) in [7, 11) is 2.15. The molecule has 1 atom stereocenters. The van der Waals surface area contributed by atoms with Gasteiger partial charge < -0.3 is 15.1 Å². The Morgan fingerprint density at radius 1 is 1.19 bits per heavy atom. The first-order valence-electron chi connectivity index (χ1n) is 9.75. The van der Waals surface area contributed by atoms with Gasteiger partial charge in [-0.25, -0.2) is 4.79 Å². The van der Waals surface area contributed by atoms with Crippen molar-refractivity contribution in [3.63, 3.8) is 0 Å². The molecule has 26 heavy (non-hydrogen) atoms. The fourth-order valence-corrected chi connectivity index (χ4v) is 4.25. The number of urea groups is 1. The lowest BCUT2D eigenvalue weighted by Crippen LogP contribution is -2.52. The highest BCUT2D eigenvalue weighted by Crippen LogP contribution is 2.34. The van der Waals surface area contributed by atoms with Gasteiger partial charge in [-0.05, 0) is 64.2 Å². The summed E-state index contributed by atoms with van der Waals surface area (Å²) in [5.74, 6) is 0.558. The van der Waals surface area contributed by atoms with Gasteiger partial charge in [0, 0.05) is 19.1 Å². The molecule has 2 amide bonds. The number of rotatable bonds is 3. The van der Waals surface area contributed by atoms with E-state index >= 15 is 0 Å². The topological polar surface area (TPSA) is 59.4 Å². The smallest absolute Gasteiger partial charge is 0.317 e. The first kappa shape index (κ1) is 18.7. The zero-order valence-electron chi connectivity index (χ0n) is 15.9. The van der Waals surface area contributed by atoms with Crippen molar-refractivity contribution in [2.24, 2.45) is 5.92 Å². The van der Waals surface area contributed by atoms with Crippen LogP contribution in [0.2, 0.25) is 0 Å². The van der Waals surface area contributed by atoms with Gasteiger partial charge in [0.25, 0.3) is 0 Å². The molecule has 2 aliphatic rings. The van der Waals surface area contributed by atoms with Crippen molar-refractivity contribution in [1.29, 1.82) is 5.26 Å². The van der Waals surface area contributed by atoms with Gasteiger partial charge in [-0.15, -0.1) is 0 Å². The van der Waals surface area contributed by atoms with E-state index < -0.39 is 5.41 Å². The molecular weight excluding hydrogens is 324 g/mol. The molecule has 1 unspecified atom stereocenters. The van der Waals surface area contributed by atoms with Gasteiger partial charge in [0.2, 0.25) is 0 Å². The Morgan fingerprint density at radius 3 is 2.38 bits per heavy atom. The van der Waals surface area contributed by atoms with Crippen molar-refractivity contribution < 1.29 is 4.79 Å². The van der Waals surface area contributed by atoms with E-state index in [9.17, 15) is 10.1 Å². The predicted molar refractivity (Wildman–Crippen MR) is 103 cm³/mol. The minimum atomic E-state index is -0.461. The number of nitriles is 1. The predicted octanol–water partition coefficient (Wildman–Crippen LogP) is 2.98. The van der Waals surface area contributed by atoms with Crippen molar-refractivity contribution >= 4 is 6.03 Å². The summed E-state index contributed by atoms with van der Waals surface area (Å²) < 4.78 is 0. The molecule has 2 heterocycles. The normalized spacial score (nSPS) is 22.4. The maximum Gasteiger partial charge on any atom is 0.317 e. The standard InChI is InChI=1S/C21H30N4O/c1-17(18-8-12-24(2)13-9-18)23-20(26)25-14-10-21(16-22,11-15-25)19-6-4-3-5-7-19/h3-7,17-18H,8-15H2,1-2H3,(H,23,26). The van der Waals surface area contributed by atoms with Gasteiger partial charge in [-0.1, -0.05) is 30.3 Å². The average molecular weight is 354 g/mol. The van der Waals surface area contributed by atoms with Gasteiger partial charge >= 0.3 is 6.03 Å². The number of hydrogen-bond donors (Lipinski definition) is 1. The van der Waals surface area contributed by atoms with E-state index in [0.29, 0.717) is 31.8 Å². The largest absolute Gasteiger partial charge is 0.335 e. The Morgan fingerprint density at radius 2 is 1.81 bits per heavy atom. The van der Waals surface area contributed by atoms with Crippen LogP contribution in [0.4, 0.5) is 4.79 Å². The van der Waals surface area contributed by atoms with Crippen LogP contribution in [0.5, 0.6) is 0 Å². The van der Waals surface area contributed by atoms with E-state index in [2.05, 4.69) is 30.3 Å². The molecule has 1 N–H and O–H groups in total. The molecule has 2 aliphatic heterocycles. The van der Waals surface area contributed by atoms with Gasteiger partial charge in [0.15, 0.2) is 0 Å². The fraction of sp³-hybridized carbons (Fsp3) is 0.619. The number of nitrogens with zero attached hydrogens (tertiary/aromatic N) is 3. The van der Waals surface area contributed by atoms with E-state index in [4.69, 9.17) is 0 Å². The van der Waals surface area contributed by atoms with Crippen LogP contribution in [0.1, 0.15) is 38.2 Å². The van der Waals surface area contributed by atoms with Gasteiger partial charge in [-0.2, -0.15) is 5.26 Å². The molecule has 0 saturated carbocycles. The van der Waals surface area contributed by atoms with E-state index in [1.165, 1.54) is 0 Å². The van der Waals surface area contributed by atoms with E-state index in [0.717, 1.165) is 31.5 Å². The molecule has 5 nitrogen and oxygen atoms in total. The van der Waals surface area contributed by atoms with Crippen LogP contribution < -0.4 is 5.32 Å². The molecule has 2 saturated heterocycles. The minimum Gasteiger partial charge on any atom is -0.335 e. The molecule has 0 aromatic heterocycles. The van der Waals surface area contributed by atoms with Crippen molar-refractivity contribution in [1.82, 2.24) is 15.1 Å². The van der Waals surface area contributed by atoms with Crippen LogP contribution in [0.25, 0.3) is 0 Å². The summed E-state index contributed by atoms with van der Waals surface area (Å²) in [5.41, 5.74) is 0.611. The lowest BCUT2D eigenvalue weighted by Gasteiger charge is -2.39. The fourth-order valence-electron chi connectivity index (χ4n) is 4.25. The SMILES string of the molecule is CC(NC(=O)N1CCC(C#N)(c2ccccc2)CC1)C1CCN(C)CC1. The minimum absolute atomic E-state index is 0.0241. The second-order valence-electron chi connectivity index (χ2n) is 7.93. The van der Waals surface area contributed by atoms with E-state index in [-0.39, 0.29) is 12.1 Å². The second kappa shape index (κ2) is 8.09. The molecule has 2 fully saturated rings. The summed E-state index contributed by atoms with van der Waals surface area (Å²) in [6, 6.07) is 12.8. The lowest BCUT2D eigenvalue weighted by molar-refractivity contribution is 0.154. The highest BCUT2D eigenvalue weighted by Gasteiger charge is 2.38. The van der Waals surface area contributed by atoms with Crippen LogP contribution in [-0.4, -0.2) is 55.1 Å². The number of benzene rings is 1. The van der Waals surface area contributed by atoms with Gasteiger partial charge in [0.05, 0.1) is 11.5 Å². The van der Waals surface area contributed by atoms with E-state index in [1.54, 1.807) is 0 Å². The van der Waals surface area contributed by atoms with Gasteiger partial charge in [-0.3, -0.25) is 0 Å². The average Bonchev–Trinajstić information content (AvgIpc) is 2.69. The Balaban J connectivity index is 1.54. The first-order chi connectivity index (χ1) is 12.5. The lowest BCUT2D eigenvalue weighted by atomic mass is 9.74. The second-order valence-corrected chi connectivity index (χ2v) is 7.93. The monoisotopic (exact) mass is 354 g/mol. The number of likely N-dealkylation sites (tertiary alicyclic amines) is 2. The summed E-state index contributed by atoms with van der Waals surface area (Å²) in [6.07, 6.45) is 3.68. The summed E-state index contributed by atoms with van der Waals surface area (Å²) in [4.78, 5) is 16.9. The molecule has 0 aliphatic carbocycles. The van der Waals surface area contributed by atoms with Crippen molar-refractivity contribution in [3.05, 3.63) is 35.9 Å². The number of carbonyl (C=O) groups is 1. The quantitative estimate of drug-likeness (QED) is 0.908. The highest BCUT2D eigenvalue weighted by atomic mass is 16.2. The van der Waals surface area contributed by atoms with Crippen LogP contribution in [-0.2, 0) is 5.41 Å². The molecule has 1 aromatic rings. The molecule has 0 bridgehead atoms. The van der Waals surface area contributed by atoms with E-state index in [1.807, 2.05) is 35.2 Å².